The van der Waals surface area contributed by atoms with Crippen LogP contribution in [0.25, 0.3) is 22.3 Å². The Morgan fingerprint density at radius 2 is 1.62 bits per heavy atom. The largest absolute Gasteiger partial charge is 0.465 e. The van der Waals surface area contributed by atoms with Gasteiger partial charge in [0.05, 0.1) is 29.4 Å². The van der Waals surface area contributed by atoms with E-state index < -0.39 is 23.5 Å². The second-order valence-corrected chi connectivity index (χ2v) is 8.33. The molecule has 9 nitrogen and oxygen atoms in total. The molecule has 37 heavy (non-hydrogen) atoms. The standard InChI is InChI=1S/C28H26N4O5/c1-4-23(26(34)30-19-15-13-18(14-16-19)28(36)37-3)32-24-12-8-7-11-22(24)31-25(27(32)35)20-9-5-6-10-21(20)29-17(2)33/h5-16,23H,4H2,1-3H3,(H,29,33)(H,30,34). The molecule has 1 aromatic heterocycles. The van der Waals surface area contributed by atoms with Gasteiger partial charge in [-0.2, -0.15) is 0 Å². The van der Waals surface area contributed by atoms with Crippen molar-refractivity contribution in [3.63, 3.8) is 0 Å². The van der Waals surface area contributed by atoms with Gasteiger partial charge in [0.1, 0.15) is 11.7 Å². The molecular weight excluding hydrogens is 472 g/mol. The highest BCUT2D eigenvalue weighted by Crippen LogP contribution is 2.27. The molecule has 0 spiro atoms. The lowest BCUT2D eigenvalue weighted by Crippen LogP contribution is -2.34. The summed E-state index contributed by atoms with van der Waals surface area (Å²) in [4.78, 5) is 55.4. The predicted octanol–water partition coefficient (Wildman–Crippen LogP) is 4.40. The highest BCUT2D eigenvalue weighted by atomic mass is 16.5. The molecule has 0 aliphatic rings. The summed E-state index contributed by atoms with van der Waals surface area (Å²) in [5.74, 6) is -1.16. The molecule has 2 amide bonds. The molecule has 0 saturated heterocycles. The Morgan fingerprint density at radius 3 is 2.30 bits per heavy atom. The first kappa shape index (κ1) is 25.3. The number of hydrogen-bond acceptors (Lipinski definition) is 6. The zero-order valence-corrected chi connectivity index (χ0v) is 20.6. The molecule has 3 aromatic carbocycles. The van der Waals surface area contributed by atoms with Crippen molar-refractivity contribution in [3.05, 3.63) is 88.7 Å². The lowest BCUT2D eigenvalue weighted by molar-refractivity contribution is -0.119. The van der Waals surface area contributed by atoms with Gasteiger partial charge in [0.2, 0.25) is 11.8 Å². The number of carbonyl (C=O) groups excluding carboxylic acids is 3. The number of para-hydroxylation sites is 3. The summed E-state index contributed by atoms with van der Waals surface area (Å²) < 4.78 is 6.15. The van der Waals surface area contributed by atoms with Crippen molar-refractivity contribution >= 4 is 40.2 Å². The SMILES string of the molecule is CCC(C(=O)Nc1ccc(C(=O)OC)cc1)n1c(=O)c(-c2ccccc2NC(C)=O)nc2ccccc21. The fourth-order valence-corrected chi connectivity index (χ4v) is 4.15. The van der Waals surface area contributed by atoms with E-state index in [1.165, 1.54) is 18.6 Å². The van der Waals surface area contributed by atoms with Crippen molar-refractivity contribution in [1.82, 2.24) is 9.55 Å². The van der Waals surface area contributed by atoms with E-state index >= 15 is 0 Å². The van der Waals surface area contributed by atoms with Crippen molar-refractivity contribution < 1.29 is 19.1 Å². The summed E-state index contributed by atoms with van der Waals surface area (Å²) in [6.45, 7) is 3.20. The first-order chi connectivity index (χ1) is 17.8. The number of nitrogens with zero attached hydrogens (tertiary/aromatic N) is 2. The van der Waals surface area contributed by atoms with Gasteiger partial charge in [0, 0.05) is 18.2 Å². The number of esters is 1. The van der Waals surface area contributed by atoms with Crippen LogP contribution in [0.5, 0.6) is 0 Å². The van der Waals surface area contributed by atoms with Crippen LogP contribution in [0, 0.1) is 0 Å². The van der Waals surface area contributed by atoms with E-state index in [-0.39, 0.29) is 11.6 Å². The maximum atomic E-state index is 13.9. The quantitative estimate of drug-likeness (QED) is 0.365. The smallest absolute Gasteiger partial charge is 0.337 e. The van der Waals surface area contributed by atoms with Crippen molar-refractivity contribution in [2.45, 2.75) is 26.3 Å². The number of amides is 2. The minimum atomic E-state index is -0.854. The van der Waals surface area contributed by atoms with Crippen LogP contribution < -0.4 is 16.2 Å². The van der Waals surface area contributed by atoms with Crippen LogP contribution in [0.3, 0.4) is 0 Å². The number of anilines is 2. The number of fused-ring (bicyclic) bond motifs is 1. The van der Waals surface area contributed by atoms with E-state index in [1.807, 2.05) is 6.92 Å². The molecule has 2 N–H and O–H groups in total. The average molecular weight is 499 g/mol. The predicted molar refractivity (Wildman–Crippen MR) is 141 cm³/mol. The van der Waals surface area contributed by atoms with Crippen LogP contribution in [0.15, 0.2) is 77.6 Å². The molecule has 1 unspecified atom stereocenters. The Bertz CT molecular complexity index is 1540. The fourth-order valence-electron chi connectivity index (χ4n) is 4.15. The summed E-state index contributed by atoms with van der Waals surface area (Å²) >= 11 is 0. The Morgan fingerprint density at radius 1 is 0.946 bits per heavy atom. The van der Waals surface area contributed by atoms with Gasteiger partial charge in [-0.3, -0.25) is 19.0 Å². The van der Waals surface area contributed by atoms with Crippen molar-refractivity contribution in [3.8, 4) is 11.3 Å². The van der Waals surface area contributed by atoms with Gasteiger partial charge >= 0.3 is 5.97 Å². The van der Waals surface area contributed by atoms with Crippen molar-refractivity contribution in [2.75, 3.05) is 17.7 Å². The van der Waals surface area contributed by atoms with Crippen LogP contribution in [0.1, 0.15) is 36.7 Å². The van der Waals surface area contributed by atoms with E-state index in [1.54, 1.807) is 72.8 Å². The Hall–Kier alpha value is -4.79. The maximum absolute atomic E-state index is 13.9. The third-order valence-corrected chi connectivity index (χ3v) is 5.86. The molecule has 4 rings (SSSR count). The normalized spacial score (nSPS) is 11.5. The van der Waals surface area contributed by atoms with Gasteiger partial charge in [-0.05, 0) is 48.9 Å². The summed E-state index contributed by atoms with van der Waals surface area (Å²) in [6, 6.07) is 19.4. The molecule has 0 radical (unpaired) electrons. The Labute approximate surface area is 213 Å². The Balaban J connectivity index is 1.80. The number of carbonyl (C=O) groups is 3. The van der Waals surface area contributed by atoms with Crippen LogP contribution in [0.2, 0.25) is 0 Å². The van der Waals surface area contributed by atoms with E-state index in [0.29, 0.717) is 40.0 Å². The lowest BCUT2D eigenvalue weighted by atomic mass is 10.1. The molecule has 188 valence electrons. The maximum Gasteiger partial charge on any atom is 0.337 e. The number of nitrogens with one attached hydrogen (secondary N) is 2. The van der Waals surface area contributed by atoms with Gasteiger partial charge in [0.25, 0.3) is 5.56 Å². The summed E-state index contributed by atoms with van der Waals surface area (Å²) in [5, 5.41) is 5.58. The van der Waals surface area contributed by atoms with E-state index in [4.69, 9.17) is 4.74 Å². The van der Waals surface area contributed by atoms with Gasteiger partial charge in [0.15, 0.2) is 0 Å². The Kier molecular flexibility index (Phi) is 7.43. The van der Waals surface area contributed by atoms with Crippen LogP contribution in [-0.2, 0) is 14.3 Å². The number of ether oxygens (including phenoxy) is 1. The summed E-state index contributed by atoms with van der Waals surface area (Å²) in [7, 11) is 1.30. The van der Waals surface area contributed by atoms with Gasteiger partial charge in [-0.15, -0.1) is 0 Å². The summed E-state index contributed by atoms with van der Waals surface area (Å²) in [5.41, 5.74) is 2.43. The van der Waals surface area contributed by atoms with E-state index in [9.17, 15) is 19.2 Å². The number of methoxy groups -OCH3 is 1. The first-order valence-corrected chi connectivity index (χ1v) is 11.7. The highest BCUT2D eigenvalue weighted by molar-refractivity contribution is 5.97. The summed E-state index contributed by atoms with van der Waals surface area (Å²) in [6.07, 6.45) is 0.326. The highest BCUT2D eigenvalue weighted by Gasteiger charge is 2.25. The minimum absolute atomic E-state index is 0.122. The molecule has 0 aliphatic carbocycles. The van der Waals surface area contributed by atoms with Crippen LogP contribution in [0.4, 0.5) is 11.4 Å². The second-order valence-electron chi connectivity index (χ2n) is 8.33. The van der Waals surface area contributed by atoms with E-state index in [0.717, 1.165) is 0 Å². The zero-order chi connectivity index (χ0) is 26.5. The van der Waals surface area contributed by atoms with Crippen LogP contribution in [-0.4, -0.2) is 34.4 Å². The van der Waals surface area contributed by atoms with Gasteiger partial charge < -0.3 is 15.4 Å². The molecule has 0 aliphatic heterocycles. The number of benzene rings is 3. The van der Waals surface area contributed by atoms with E-state index in [2.05, 4.69) is 15.6 Å². The van der Waals surface area contributed by atoms with Crippen LogP contribution >= 0.6 is 0 Å². The fraction of sp³-hybridized carbons (Fsp3) is 0.179. The molecule has 1 atom stereocenters. The third kappa shape index (κ3) is 5.25. The van der Waals surface area contributed by atoms with Gasteiger partial charge in [-0.25, -0.2) is 9.78 Å². The third-order valence-electron chi connectivity index (χ3n) is 5.86. The molecular formula is C28H26N4O5. The number of hydrogen-bond donors (Lipinski definition) is 2. The lowest BCUT2D eigenvalue weighted by Gasteiger charge is -2.21. The number of rotatable bonds is 7. The molecule has 0 saturated carbocycles. The molecule has 0 bridgehead atoms. The molecule has 9 heteroatoms. The molecule has 0 fully saturated rings. The zero-order valence-electron chi connectivity index (χ0n) is 20.6. The number of aromatic nitrogens is 2. The minimum Gasteiger partial charge on any atom is -0.465 e. The molecule has 4 aromatic rings. The second kappa shape index (κ2) is 10.9. The van der Waals surface area contributed by atoms with Gasteiger partial charge in [-0.1, -0.05) is 37.3 Å². The first-order valence-electron chi connectivity index (χ1n) is 11.7. The molecule has 1 heterocycles. The average Bonchev–Trinajstić information content (AvgIpc) is 2.90. The monoisotopic (exact) mass is 498 g/mol. The topological polar surface area (TPSA) is 119 Å². The van der Waals surface area contributed by atoms with Crippen molar-refractivity contribution in [2.24, 2.45) is 0 Å². The van der Waals surface area contributed by atoms with Crippen molar-refractivity contribution in [1.29, 1.82) is 0 Å².